The van der Waals surface area contributed by atoms with Crippen LogP contribution in [-0.4, -0.2) is 48.6 Å². The van der Waals surface area contributed by atoms with Crippen LogP contribution < -0.4 is 10.2 Å². The summed E-state index contributed by atoms with van der Waals surface area (Å²) in [6, 6.07) is 7.97. The highest BCUT2D eigenvalue weighted by molar-refractivity contribution is 7.15. The molecule has 4 rings (SSSR count). The lowest BCUT2D eigenvalue weighted by molar-refractivity contribution is -0.117. The average Bonchev–Trinajstić information content (AvgIpc) is 3.13. The van der Waals surface area contributed by atoms with Gasteiger partial charge in [-0.3, -0.25) is 4.79 Å². The van der Waals surface area contributed by atoms with Crippen LogP contribution in [0.2, 0.25) is 4.47 Å². The number of rotatable bonds is 5. The van der Waals surface area contributed by atoms with Crippen LogP contribution in [-0.2, 0) is 16.1 Å². The Morgan fingerprint density at radius 2 is 1.96 bits per heavy atom. The van der Waals surface area contributed by atoms with Gasteiger partial charge in [0, 0.05) is 42.1 Å². The number of carbonyl (C=O) groups is 1. The van der Waals surface area contributed by atoms with E-state index in [1.807, 2.05) is 29.2 Å². The number of nitrogens with one attached hydrogen (secondary N) is 1. The summed E-state index contributed by atoms with van der Waals surface area (Å²) in [7, 11) is 0. The number of hydrogen-bond acceptors (Lipinski definition) is 6. The summed E-state index contributed by atoms with van der Waals surface area (Å²) >= 11 is 7.32. The molecular weight excluding hydrogens is 384 g/mol. The Bertz CT molecular complexity index is 830. The Labute approximate surface area is 167 Å². The maximum Gasteiger partial charge on any atom is 0.274 e. The fourth-order valence-electron chi connectivity index (χ4n) is 3.29. The van der Waals surface area contributed by atoms with Gasteiger partial charge in [-0.2, -0.15) is 0 Å². The summed E-state index contributed by atoms with van der Waals surface area (Å²) in [6.07, 6.45) is 4.70. The summed E-state index contributed by atoms with van der Waals surface area (Å²) in [6.45, 7) is 4.28. The normalized spacial score (nSPS) is 17.8. The molecule has 1 fully saturated rings. The standard InChI is InChI=1S/C19H21ClN4O2S/c20-19-22-13-16(27-19)12-21-14-3-5-15(6-4-14)24-7-1-2-17(18(24)25)23-8-10-26-11-9-23/h2-6,13,21H,1,7-12H2. The van der Waals surface area contributed by atoms with Gasteiger partial charge in [0.25, 0.3) is 5.91 Å². The molecule has 0 aliphatic carbocycles. The average molecular weight is 405 g/mol. The van der Waals surface area contributed by atoms with E-state index in [0.29, 0.717) is 30.8 Å². The summed E-state index contributed by atoms with van der Waals surface area (Å²) in [5, 5.41) is 3.35. The van der Waals surface area contributed by atoms with E-state index in [2.05, 4.69) is 21.3 Å². The maximum atomic E-state index is 13.0. The summed E-state index contributed by atoms with van der Waals surface area (Å²) < 4.78 is 5.95. The number of nitrogens with zero attached hydrogens (tertiary/aromatic N) is 3. The highest BCUT2D eigenvalue weighted by Gasteiger charge is 2.28. The maximum absolute atomic E-state index is 13.0. The van der Waals surface area contributed by atoms with E-state index in [0.717, 1.165) is 41.5 Å². The van der Waals surface area contributed by atoms with Crippen molar-refractivity contribution in [3.8, 4) is 0 Å². The van der Waals surface area contributed by atoms with Crippen LogP contribution in [0.3, 0.4) is 0 Å². The molecular formula is C19H21ClN4O2S. The number of amides is 1. The van der Waals surface area contributed by atoms with E-state index < -0.39 is 0 Å². The number of morpholine rings is 1. The van der Waals surface area contributed by atoms with Crippen molar-refractivity contribution in [3.05, 3.63) is 51.6 Å². The molecule has 0 spiro atoms. The van der Waals surface area contributed by atoms with E-state index in [1.165, 1.54) is 11.3 Å². The van der Waals surface area contributed by atoms with Gasteiger partial charge in [0.15, 0.2) is 4.47 Å². The van der Waals surface area contributed by atoms with Gasteiger partial charge in [0.2, 0.25) is 0 Å². The van der Waals surface area contributed by atoms with Crippen LogP contribution in [0.25, 0.3) is 0 Å². The molecule has 0 atom stereocenters. The second-order valence-corrected chi connectivity index (χ2v) is 8.11. The first-order valence-electron chi connectivity index (χ1n) is 8.99. The van der Waals surface area contributed by atoms with E-state index >= 15 is 0 Å². The number of thiazole rings is 1. The Kier molecular flexibility index (Phi) is 5.61. The zero-order valence-corrected chi connectivity index (χ0v) is 16.4. The molecule has 2 aliphatic rings. The number of carbonyl (C=O) groups excluding carboxylic acids is 1. The van der Waals surface area contributed by atoms with E-state index in [-0.39, 0.29) is 5.91 Å². The van der Waals surface area contributed by atoms with Gasteiger partial charge in [0.05, 0.1) is 25.5 Å². The molecule has 1 aromatic heterocycles. The zero-order valence-electron chi connectivity index (χ0n) is 14.9. The van der Waals surface area contributed by atoms with Gasteiger partial charge < -0.3 is 19.9 Å². The summed E-state index contributed by atoms with van der Waals surface area (Å²) in [5.74, 6) is 0.0724. The Balaban J connectivity index is 1.40. The third-order valence-electron chi connectivity index (χ3n) is 4.68. The lowest BCUT2D eigenvalue weighted by atomic mass is 10.1. The van der Waals surface area contributed by atoms with Crippen LogP contribution in [0.5, 0.6) is 0 Å². The monoisotopic (exact) mass is 404 g/mol. The molecule has 142 valence electrons. The molecule has 3 heterocycles. The molecule has 6 nitrogen and oxygen atoms in total. The summed E-state index contributed by atoms with van der Waals surface area (Å²) in [4.78, 5) is 22.1. The van der Waals surface area contributed by atoms with Gasteiger partial charge in [0.1, 0.15) is 0 Å². The number of ether oxygens (including phenoxy) is 1. The van der Waals surface area contributed by atoms with Crippen molar-refractivity contribution >= 4 is 40.2 Å². The van der Waals surface area contributed by atoms with Gasteiger partial charge in [-0.25, -0.2) is 4.98 Å². The van der Waals surface area contributed by atoms with Gasteiger partial charge in [-0.05, 0) is 30.7 Å². The highest BCUT2D eigenvalue weighted by Crippen LogP contribution is 2.25. The zero-order chi connectivity index (χ0) is 18.6. The number of benzene rings is 1. The van der Waals surface area contributed by atoms with Crippen molar-refractivity contribution < 1.29 is 9.53 Å². The van der Waals surface area contributed by atoms with Crippen LogP contribution in [0.4, 0.5) is 11.4 Å². The highest BCUT2D eigenvalue weighted by atomic mass is 35.5. The molecule has 8 heteroatoms. The van der Waals surface area contributed by atoms with Crippen molar-refractivity contribution in [1.82, 2.24) is 9.88 Å². The molecule has 0 bridgehead atoms. The molecule has 0 radical (unpaired) electrons. The molecule has 0 saturated carbocycles. The van der Waals surface area contributed by atoms with E-state index in [4.69, 9.17) is 16.3 Å². The molecule has 1 amide bonds. The van der Waals surface area contributed by atoms with Crippen LogP contribution in [0.1, 0.15) is 11.3 Å². The fourth-order valence-corrected chi connectivity index (χ4v) is 4.20. The molecule has 1 N–H and O–H groups in total. The predicted molar refractivity (Wildman–Crippen MR) is 108 cm³/mol. The predicted octanol–water partition coefficient (Wildman–Crippen LogP) is 3.36. The number of hydrogen-bond donors (Lipinski definition) is 1. The summed E-state index contributed by atoms with van der Waals surface area (Å²) in [5.41, 5.74) is 2.72. The first kappa shape index (κ1) is 18.3. The minimum Gasteiger partial charge on any atom is -0.380 e. The first-order valence-corrected chi connectivity index (χ1v) is 10.2. The van der Waals surface area contributed by atoms with Crippen molar-refractivity contribution in [1.29, 1.82) is 0 Å². The SMILES string of the molecule is O=C1C(N2CCOCC2)=CCCN1c1ccc(NCc2cnc(Cl)s2)cc1. The molecule has 0 unspecified atom stereocenters. The van der Waals surface area contributed by atoms with Gasteiger partial charge in [-0.1, -0.05) is 17.7 Å². The van der Waals surface area contributed by atoms with Gasteiger partial charge in [-0.15, -0.1) is 11.3 Å². The Morgan fingerprint density at radius 1 is 1.19 bits per heavy atom. The smallest absolute Gasteiger partial charge is 0.274 e. The lowest BCUT2D eigenvalue weighted by Gasteiger charge is -2.35. The first-order chi connectivity index (χ1) is 13.2. The lowest BCUT2D eigenvalue weighted by Crippen LogP contribution is -2.45. The third-order valence-corrected chi connectivity index (χ3v) is 5.79. The van der Waals surface area contributed by atoms with Crippen LogP contribution in [0, 0.1) is 0 Å². The topological polar surface area (TPSA) is 57.7 Å². The van der Waals surface area contributed by atoms with Crippen molar-refractivity contribution in [2.24, 2.45) is 0 Å². The largest absolute Gasteiger partial charge is 0.380 e. The second-order valence-electron chi connectivity index (χ2n) is 6.41. The number of anilines is 2. The molecule has 1 saturated heterocycles. The fraction of sp³-hybridized carbons (Fsp3) is 0.368. The second kappa shape index (κ2) is 8.29. The Morgan fingerprint density at radius 3 is 2.67 bits per heavy atom. The van der Waals surface area contributed by atoms with Crippen LogP contribution >= 0.6 is 22.9 Å². The number of aromatic nitrogens is 1. The molecule has 2 aliphatic heterocycles. The minimum absolute atomic E-state index is 0.0724. The minimum atomic E-state index is 0.0724. The van der Waals surface area contributed by atoms with E-state index in [1.54, 1.807) is 6.20 Å². The van der Waals surface area contributed by atoms with Crippen molar-refractivity contribution in [3.63, 3.8) is 0 Å². The quantitative estimate of drug-likeness (QED) is 0.828. The van der Waals surface area contributed by atoms with Crippen molar-refractivity contribution in [2.75, 3.05) is 43.1 Å². The molecule has 27 heavy (non-hydrogen) atoms. The van der Waals surface area contributed by atoms with E-state index in [9.17, 15) is 4.79 Å². The number of halogens is 1. The van der Waals surface area contributed by atoms with Crippen molar-refractivity contribution in [2.45, 2.75) is 13.0 Å². The third kappa shape index (κ3) is 4.26. The molecule has 1 aromatic carbocycles. The van der Waals surface area contributed by atoms with Gasteiger partial charge >= 0.3 is 0 Å². The molecule has 2 aromatic rings. The van der Waals surface area contributed by atoms with Crippen LogP contribution in [0.15, 0.2) is 42.2 Å². The Hall–Kier alpha value is -2.09.